The lowest BCUT2D eigenvalue weighted by Crippen LogP contribution is -2.31. The number of benzene rings is 2. The lowest BCUT2D eigenvalue weighted by atomic mass is 9.70. The van der Waals surface area contributed by atoms with Crippen molar-refractivity contribution < 1.29 is 14.5 Å². The fraction of sp³-hybridized carbons (Fsp3) is 0.211. The molecule has 3 aromatic rings. The second kappa shape index (κ2) is 5.41. The van der Waals surface area contributed by atoms with E-state index in [9.17, 15) is 14.9 Å². The Kier molecular flexibility index (Phi) is 3.49. The zero-order chi connectivity index (χ0) is 18.8. The monoisotopic (exact) mass is 414 g/mol. The molecule has 1 aliphatic carbocycles. The van der Waals surface area contributed by atoms with Gasteiger partial charge in [-0.3, -0.25) is 14.9 Å². The molecular formula is C19H15BrN2O4. The number of aromatic amines is 1. The van der Waals surface area contributed by atoms with E-state index in [0.717, 1.165) is 15.4 Å². The normalized spacial score (nSPS) is 14.8. The molecule has 0 saturated carbocycles. The average Bonchev–Trinajstić information content (AvgIpc) is 2.98. The van der Waals surface area contributed by atoms with E-state index in [1.807, 2.05) is 32.0 Å². The van der Waals surface area contributed by atoms with Crippen LogP contribution in [0.2, 0.25) is 0 Å². The minimum atomic E-state index is -0.763. The van der Waals surface area contributed by atoms with E-state index in [4.69, 9.17) is 4.74 Å². The van der Waals surface area contributed by atoms with Crippen LogP contribution >= 0.6 is 15.9 Å². The number of hydrogen-bond donors (Lipinski definition) is 1. The van der Waals surface area contributed by atoms with E-state index in [2.05, 4.69) is 20.9 Å². The number of carbonyl (C=O) groups excluding carboxylic acids is 1. The molecule has 7 heteroatoms. The van der Waals surface area contributed by atoms with Crippen molar-refractivity contribution in [3.8, 4) is 5.75 Å². The van der Waals surface area contributed by atoms with Crippen LogP contribution in [0.15, 0.2) is 34.8 Å². The summed E-state index contributed by atoms with van der Waals surface area (Å²) in [6.07, 6.45) is 0. The van der Waals surface area contributed by atoms with Gasteiger partial charge in [0, 0.05) is 32.0 Å². The second-order valence-electron chi connectivity index (χ2n) is 6.82. The first-order chi connectivity index (χ1) is 12.3. The fourth-order valence-corrected chi connectivity index (χ4v) is 4.23. The Balaban J connectivity index is 2.13. The predicted octanol–water partition coefficient (Wildman–Crippen LogP) is 4.72. The molecule has 0 fully saturated rings. The number of hydrogen-bond acceptors (Lipinski definition) is 4. The number of carbonyl (C=O) groups is 1. The predicted molar refractivity (Wildman–Crippen MR) is 101 cm³/mol. The lowest BCUT2D eigenvalue weighted by molar-refractivity contribution is -0.386. The Morgan fingerprint density at radius 2 is 1.96 bits per heavy atom. The number of nitro benzene ring substituents is 1. The Morgan fingerprint density at radius 3 is 2.62 bits per heavy atom. The van der Waals surface area contributed by atoms with Crippen molar-refractivity contribution in [3.05, 3.63) is 67.3 Å². The van der Waals surface area contributed by atoms with E-state index in [1.165, 1.54) is 13.2 Å². The van der Waals surface area contributed by atoms with E-state index in [-0.39, 0.29) is 17.2 Å². The quantitative estimate of drug-likeness (QED) is 0.485. The first kappa shape index (κ1) is 16.8. The maximum absolute atomic E-state index is 13.2. The number of methoxy groups -OCH3 is 1. The van der Waals surface area contributed by atoms with Crippen molar-refractivity contribution in [2.24, 2.45) is 0 Å². The molecule has 2 aromatic carbocycles. The molecule has 0 atom stereocenters. The van der Waals surface area contributed by atoms with Gasteiger partial charge in [0.2, 0.25) is 0 Å². The van der Waals surface area contributed by atoms with E-state index in [1.54, 1.807) is 6.07 Å². The molecule has 0 spiro atoms. The van der Waals surface area contributed by atoms with Gasteiger partial charge in [-0.1, -0.05) is 22.0 Å². The number of rotatable bonds is 2. The lowest BCUT2D eigenvalue weighted by Gasteiger charge is -2.31. The average molecular weight is 415 g/mol. The van der Waals surface area contributed by atoms with Crippen LogP contribution in [-0.2, 0) is 5.41 Å². The van der Waals surface area contributed by atoms with Crippen molar-refractivity contribution in [1.82, 2.24) is 4.98 Å². The molecule has 4 rings (SSSR count). The summed E-state index contributed by atoms with van der Waals surface area (Å²) >= 11 is 3.44. The third-order valence-corrected chi connectivity index (χ3v) is 5.52. The number of nitro groups is 1. The Bertz CT molecular complexity index is 1110. The third-order valence-electron chi connectivity index (χ3n) is 5.03. The Labute approximate surface area is 157 Å². The molecule has 1 N–H and O–H groups in total. The SMILES string of the molecule is COc1ccc2c(c1[N+](=O)[O-])C(C)(C)c1[nH]c3cc(Br)ccc3c1C2=O. The molecule has 1 aromatic heterocycles. The van der Waals surface area contributed by atoms with E-state index in [0.29, 0.717) is 22.4 Å². The molecule has 0 bridgehead atoms. The van der Waals surface area contributed by atoms with Crippen molar-refractivity contribution >= 4 is 38.3 Å². The molecule has 0 amide bonds. The summed E-state index contributed by atoms with van der Waals surface area (Å²) in [5.41, 5.74) is 1.87. The number of ketones is 1. The van der Waals surface area contributed by atoms with Crippen LogP contribution in [-0.4, -0.2) is 22.8 Å². The first-order valence-corrected chi connectivity index (χ1v) is 8.79. The van der Waals surface area contributed by atoms with Crippen molar-refractivity contribution in [2.45, 2.75) is 19.3 Å². The molecular weight excluding hydrogens is 400 g/mol. The highest BCUT2D eigenvalue weighted by molar-refractivity contribution is 9.10. The van der Waals surface area contributed by atoms with Crippen molar-refractivity contribution in [2.75, 3.05) is 7.11 Å². The number of H-pyrrole nitrogens is 1. The number of fused-ring (bicyclic) bond motifs is 4. The molecule has 26 heavy (non-hydrogen) atoms. The van der Waals surface area contributed by atoms with E-state index < -0.39 is 10.3 Å². The second-order valence-corrected chi connectivity index (χ2v) is 7.73. The molecule has 0 saturated heterocycles. The summed E-state index contributed by atoms with van der Waals surface area (Å²) < 4.78 is 6.08. The zero-order valence-electron chi connectivity index (χ0n) is 14.3. The Morgan fingerprint density at radius 1 is 1.23 bits per heavy atom. The number of nitrogens with one attached hydrogen (secondary N) is 1. The van der Waals surface area contributed by atoms with Gasteiger partial charge in [-0.05, 0) is 38.1 Å². The van der Waals surface area contributed by atoms with Crippen LogP contribution in [0, 0.1) is 10.1 Å². The molecule has 6 nitrogen and oxygen atoms in total. The molecule has 0 radical (unpaired) electrons. The molecule has 1 heterocycles. The van der Waals surface area contributed by atoms with Crippen LogP contribution in [0.25, 0.3) is 10.9 Å². The van der Waals surface area contributed by atoms with Crippen LogP contribution in [0.4, 0.5) is 5.69 Å². The maximum Gasteiger partial charge on any atom is 0.315 e. The van der Waals surface area contributed by atoms with Gasteiger partial charge in [-0.15, -0.1) is 0 Å². The molecule has 0 aliphatic heterocycles. The highest BCUT2D eigenvalue weighted by Gasteiger charge is 2.45. The largest absolute Gasteiger partial charge is 0.490 e. The molecule has 132 valence electrons. The summed E-state index contributed by atoms with van der Waals surface area (Å²) in [4.78, 5) is 27.8. The number of ether oxygens (including phenoxy) is 1. The minimum Gasteiger partial charge on any atom is -0.490 e. The van der Waals surface area contributed by atoms with Gasteiger partial charge in [0.05, 0.1) is 23.2 Å². The summed E-state index contributed by atoms with van der Waals surface area (Å²) in [6, 6.07) is 8.76. The van der Waals surface area contributed by atoms with Gasteiger partial charge < -0.3 is 9.72 Å². The number of nitrogens with zero attached hydrogens (tertiary/aromatic N) is 1. The molecule has 0 unspecified atom stereocenters. The highest BCUT2D eigenvalue weighted by atomic mass is 79.9. The maximum atomic E-state index is 13.2. The number of halogens is 1. The van der Waals surface area contributed by atoms with Gasteiger partial charge in [0.1, 0.15) is 0 Å². The zero-order valence-corrected chi connectivity index (χ0v) is 15.9. The first-order valence-electron chi connectivity index (χ1n) is 7.99. The van der Waals surface area contributed by atoms with Gasteiger partial charge in [-0.2, -0.15) is 0 Å². The highest BCUT2D eigenvalue weighted by Crippen LogP contribution is 2.49. The van der Waals surface area contributed by atoms with Crippen LogP contribution in [0.1, 0.15) is 41.0 Å². The topological polar surface area (TPSA) is 85.2 Å². The number of aromatic nitrogens is 1. The summed E-state index contributed by atoms with van der Waals surface area (Å²) in [5.74, 6) is -0.0643. The standard InChI is InChI=1S/C19H15BrN2O4/c1-19(2)15-11(6-7-13(26-3)16(15)22(24)25)17(23)14-10-5-4-9(20)8-12(10)21-18(14)19/h4-8,21H,1-3H3. The summed E-state index contributed by atoms with van der Waals surface area (Å²) in [6.45, 7) is 3.77. The van der Waals surface area contributed by atoms with Crippen molar-refractivity contribution in [3.63, 3.8) is 0 Å². The van der Waals surface area contributed by atoms with Crippen LogP contribution < -0.4 is 4.74 Å². The van der Waals surface area contributed by atoms with E-state index >= 15 is 0 Å². The van der Waals surface area contributed by atoms with Crippen LogP contribution in [0.5, 0.6) is 5.75 Å². The van der Waals surface area contributed by atoms with Gasteiger partial charge in [-0.25, -0.2) is 0 Å². The fourth-order valence-electron chi connectivity index (χ4n) is 3.87. The smallest absolute Gasteiger partial charge is 0.315 e. The van der Waals surface area contributed by atoms with Gasteiger partial charge >= 0.3 is 5.69 Å². The molecule has 1 aliphatic rings. The summed E-state index contributed by atoms with van der Waals surface area (Å²) in [7, 11) is 1.39. The minimum absolute atomic E-state index is 0.150. The Hall–Kier alpha value is -2.67. The van der Waals surface area contributed by atoms with Gasteiger partial charge in [0.15, 0.2) is 11.5 Å². The van der Waals surface area contributed by atoms with Crippen molar-refractivity contribution in [1.29, 1.82) is 0 Å². The third kappa shape index (κ3) is 2.07. The summed E-state index contributed by atoms with van der Waals surface area (Å²) in [5, 5.41) is 12.6. The van der Waals surface area contributed by atoms with Crippen LogP contribution in [0.3, 0.4) is 0 Å². The van der Waals surface area contributed by atoms with Gasteiger partial charge in [0.25, 0.3) is 0 Å².